The Morgan fingerprint density at radius 2 is 1.83 bits per heavy atom. The number of carbonyl (C=O) groups is 2. The number of fused-ring (bicyclic) bond motifs is 4. The van der Waals surface area contributed by atoms with E-state index in [4.69, 9.17) is 4.74 Å². The molecule has 124 valence electrons. The molecular weight excluding hydrogens is 294 g/mol. The Hall–Kier alpha value is -2.08. The van der Waals surface area contributed by atoms with Gasteiger partial charge in [-0.25, -0.2) is 0 Å². The Kier molecular flexibility index (Phi) is 4.81. The molecule has 0 saturated carbocycles. The molecular formula is C17H23N3O3. The largest absolute Gasteiger partial charge is 0.497 e. The molecule has 3 aliphatic rings. The summed E-state index contributed by atoms with van der Waals surface area (Å²) in [6, 6.07) is 7.19. The molecule has 3 aliphatic heterocycles. The molecule has 0 atom stereocenters. The molecule has 0 aliphatic carbocycles. The van der Waals surface area contributed by atoms with Gasteiger partial charge in [-0.2, -0.15) is 0 Å². The molecule has 2 bridgehead atoms. The first-order valence-corrected chi connectivity index (χ1v) is 8.11. The fourth-order valence-corrected chi connectivity index (χ4v) is 3.32. The van der Waals surface area contributed by atoms with Gasteiger partial charge in [0.1, 0.15) is 5.75 Å². The third kappa shape index (κ3) is 3.64. The van der Waals surface area contributed by atoms with Crippen LogP contribution in [0.5, 0.6) is 5.75 Å². The maximum Gasteiger partial charge on any atom is 0.251 e. The Labute approximate surface area is 136 Å². The van der Waals surface area contributed by atoms with E-state index in [0.717, 1.165) is 39.0 Å². The van der Waals surface area contributed by atoms with Crippen molar-refractivity contribution in [2.75, 3.05) is 39.8 Å². The SMILES string of the molecule is COc1ccc(C(=O)NCC(=O)N2CCN3CCC2CC3)cc1. The van der Waals surface area contributed by atoms with Crippen molar-refractivity contribution in [1.29, 1.82) is 0 Å². The highest BCUT2D eigenvalue weighted by Crippen LogP contribution is 2.20. The third-order valence-corrected chi connectivity index (χ3v) is 4.73. The lowest BCUT2D eigenvalue weighted by Gasteiger charge is -2.31. The minimum Gasteiger partial charge on any atom is -0.497 e. The van der Waals surface area contributed by atoms with E-state index in [1.54, 1.807) is 31.4 Å². The van der Waals surface area contributed by atoms with Gasteiger partial charge in [0, 0.05) is 37.8 Å². The number of piperidine rings is 1. The van der Waals surface area contributed by atoms with Crippen molar-refractivity contribution in [2.45, 2.75) is 18.9 Å². The first kappa shape index (κ1) is 15.8. The number of nitrogens with one attached hydrogen (secondary N) is 1. The molecule has 1 N–H and O–H groups in total. The number of methoxy groups -OCH3 is 1. The van der Waals surface area contributed by atoms with Crippen molar-refractivity contribution in [1.82, 2.24) is 15.1 Å². The summed E-state index contributed by atoms with van der Waals surface area (Å²) >= 11 is 0. The molecule has 1 aromatic carbocycles. The van der Waals surface area contributed by atoms with Gasteiger partial charge < -0.3 is 19.9 Å². The predicted octanol–water partition coefficient (Wildman–Crippen LogP) is 0.732. The van der Waals surface area contributed by atoms with Crippen LogP contribution >= 0.6 is 0 Å². The molecule has 6 heteroatoms. The zero-order valence-corrected chi connectivity index (χ0v) is 13.5. The smallest absolute Gasteiger partial charge is 0.251 e. The average Bonchev–Trinajstić information content (AvgIpc) is 2.93. The van der Waals surface area contributed by atoms with Gasteiger partial charge in [0.25, 0.3) is 5.91 Å². The van der Waals surface area contributed by atoms with Crippen LogP contribution in [0.25, 0.3) is 0 Å². The number of rotatable bonds is 4. The Morgan fingerprint density at radius 3 is 2.48 bits per heavy atom. The van der Waals surface area contributed by atoms with Crippen LogP contribution in [0.3, 0.4) is 0 Å². The molecule has 3 heterocycles. The molecule has 0 spiro atoms. The van der Waals surface area contributed by atoms with Crippen LogP contribution in [0.15, 0.2) is 24.3 Å². The van der Waals surface area contributed by atoms with Crippen LogP contribution in [0.1, 0.15) is 23.2 Å². The van der Waals surface area contributed by atoms with Crippen LogP contribution in [-0.2, 0) is 4.79 Å². The molecule has 0 unspecified atom stereocenters. The second-order valence-electron chi connectivity index (χ2n) is 6.07. The summed E-state index contributed by atoms with van der Waals surface area (Å²) in [5, 5.41) is 2.73. The topological polar surface area (TPSA) is 61.9 Å². The summed E-state index contributed by atoms with van der Waals surface area (Å²) in [6.45, 7) is 3.91. The highest BCUT2D eigenvalue weighted by molar-refractivity contribution is 5.96. The first-order valence-electron chi connectivity index (χ1n) is 8.11. The van der Waals surface area contributed by atoms with Gasteiger partial charge in [-0.05, 0) is 37.1 Å². The van der Waals surface area contributed by atoms with Crippen LogP contribution in [0, 0.1) is 0 Å². The lowest BCUT2D eigenvalue weighted by molar-refractivity contribution is -0.132. The van der Waals surface area contributed by atoms with Gasteiger partial charge >= 0.3 is 0 Å². The maximum atomic E-state index is 12.4. The fourth-order valence-electron chi connectivity index (χ4n) is 3.32. The molecule has 2 amide bonds. The second-order valence-corrected chi connectivity index (χ2v) is 6.07. The predicted molar refractivity (Wildman–Crippen MR) is 86.5 cm³/mol. The van der Waals surface area contributed by atoms with E-state index in [9.17, 15) is 9.59 Å². The number of hydrogen-bond donors (Lipinski definition) is 1. The average molecular weight is 317 g/mol. The summed E-state index contributed by atoms with van der Waals surface area (Å²) in [4.78, 5) is 28.9. The minimum atomic E-state index is -0.233. The van der Waals surface area contributed by atoms with E-state index < -0.39 is 0 Å². The molecule has 0 radical (unpaired) electrons. The van der Waals surface area contributed by atoms with Crippen LogP contribution in [-0.4, -0.2) is 67.5 Å². The van der Waals surface area contributed by atoms with Gasteiger partial charge in [0.05, 0.1) is 13.7 Å². The molecule has 3 saturated heterocycles. The second kappa shape index (κ2) is 7.00. The lowest BCUT2D eigenvalue weighted by Crippen LogP contribution is -2.46. The van der Waals surface area contributed by atoms with Crippen molar-refractivity contribution in [3.8, 4) is 5.75 Å². The summed E-state index contributed by atoms with van der Waals surface area (Å²) in [5.41, 5.74) is 0.529. The van der Waals surface area contributed by atoms with E-state index in [2.05, 4.69) is 10.2 Å². The fraction of sp³-hybridized carbons (Fsp3) is 0.529. The van der Waals surface area contributed by atoms with E-state index in [-0.39, 0.29) is 18.4 Å². The number of nitrogens with zero attached hydrogens (tertiary/aromatic N) is 2. The van der Waals surface area contributed by atoms with E-state index in [1.807, 2.05) is 4.90 Å². The van der Waals surface area contributed by atoms with Gasteiger partial charge in [0.15, 0.2) is 0 Å². The van der Waals surface area contributed by atoms with Gasteiger partial charge in [-0.15, -0.1) is 0 Å². The van der Waals surface area contributed by atoms with Crippen molar-refractivity contribution in [3.63, 3.8) is 0 Å². The highest BCUT2D eigenvalue weighted by Gasteiger charge is 2.31. The number of benzene rings is 1. The van der Waals surface area contributed by atoms with E-state index in [1.165, 1.54) is 0 Å². The Morgan fingerprint density at radius 1 is 1.13 bits per heavy atom. The minimum absolute atomic E-state index is 0.0145. The zero-order valence-electron chi connectivity index (χ0n) is 13.5. The van der Waals surface area contributed by atoms with Crippen molar-refractivity contribution in [3.05, 3.63) is 29.8 Å². The molecule has 6 nitrogen and oxygen atoms in total. The number of ether oxygens (including phenoxy) is 1. The number of hydrogen-bond acceptors (Lipinski definition) is 4. The normalized spacial score (nSPS) is 23.3. The van der Waals surface area contributed by atoms with Crippen molar-refractivity contribution < 1.29 is 14.3 Å². The maximum absolute atomic E-state index is 12.4. The molecule has 3 fully saturated rings. The van der Waals surface area contributed by atoms with E-state index >= 15 is 0 Å². The Balaban J connectivity index is 1.54. The van der Waals surface area contributed by atoms with Crippen LogP contribution in [0.2, 0.25) is 0 Å². The highest BCUT2D eigenvalue weighted by atomic mass is 16.5. The molecule has 23 heavy (non-hydrogen) atoms. The molecule has 1 aromatic rings. The van der Waals surface area contributed by atoms with E-state index in [0.29, 0.717) is 17.4 Å². The van der Waals surface area contributed by atoms with Crippen LogP contribution in [0.4, 0.5) is 0 Å². The van der Waals surface area contributed by atoms with Gasteiger partial charge in [0.2, 0.25) is 5.91 Å². The number of amides is 2. The first-order chi connectivity index (χ1) is 11.2. The standard InChI is InChI=1S/C17H23N3O3/c1-23-15-4-2-13(3-5-15)17(22)18-12-16(21)20-11-10-19-8-6-14(20)7-9-19/h2-5,14H,6-12H2,1H3,(H,18,22). The summed E-state index contributed by atoms with van der Waals surface area (Å²) in [7, 11) is 1.58. The van der Waals surface area contributed by atoms with Gasteiger partial charge in [-0.3, -0.25) is 9.59 Å². The third-order valence-electron chi connectivity index (χ3n) is 4.73. The summed E-state index contributed by atoms with van der Waals surface area (Å²) < 4.78 is 5.07. The lowest BCUT2D eigenvalue weighted by atomic mass is 10.1. The summed E-state index contributed by atoms with van der Waals surface area (Å²) in [6.07, 6.45) is 2.08. The van der Waals surface area contributed by atoms with Crippen LogP contribution < -0.4 is 10.1 Å². The molecule has 4 rings (SSSR count). The summed E-state index contributed by atoms with van der Waals surface area (Å²) in [5.74, 6) is 0.484. The molecule has 0 aromatic heterocycles. The number of carbonyl (C=O) groups excluding carboxylic acids is 2. The van der Waals surface area contributed by atoms with Crippen molar-refractivity contribution >= 4 is 11.8 Å². The zero-order chi connectivity index (χ0) is 16.2. The van der Waals surface area contributed by atoms with Crippen molar-refractivity contribution in [2.24, 2.45) is 0 Å². The Bertz CT molecular complexity index is 565. The monoisotopic (exact) mass is 317 g/mol. The quantitative estimate of drug-likeness (QED) is 0.889. The van der Waals surface area contributed by atoms with Gasteiger partial charge in [-0.1, -0.05) is 0 Å².